The summed E-state index contributed by atoms with van der Waals surface area (Å²) in [6.07, 6.45) is 4.40. The number of guanidine groups is 1. The Labute approximate surface area is 167 Å². The molecule has 9 heteroatoms. The number of hydrogen-bond donors (Lipinski definition) is 2. The third-order valence-electron chi connectivity index (χ3n) is 5.40. The monoisotopic (exact) mass is 393 g/mol. The van der Waals surface area contributed by atoms with Gasteiger partial charge in [-0.25, -0.2) is 9.67 Å². The van der Waals surface area contributed by atoms with Gasteiger partial charge in [-0.2, -0.15) is 5.10 Å². The fourth-order valence-electron chi connectivity index (χ4n) is 3.98. The lowest BCUT2D eigenvalue weighted by molar-refractivity contribution is 0.142. The summed E-state index contributed by atoms with van der Waals surface area (Å²) in [5.41, 5.74) is 0. The summed E-state index contributed by atoms with van der Waals surface area (Å²) < 4.78 is 12.4. The van der Waals surface area contributed by atoms with Crippen molar-refractivity contribution in [2.24, 2.45) is 4.99 Å². The summed E-state index contributed by atoms with van der Waals surface area (Å²) in [5, 5.41) is 11.5. The van der Waals surface area contributed by atoms with Crippen LogP contribution in [-0.4, -0.2) is 84.7 Å². The summed E-state index contributed by atoms with van der Waals surface area (Å²) in [6.45, 7) is 7.96. The van der Waals surface area contributed by atoms with Crippen LogP contribution in [0.25, 0.3) is 0 Å². The van der Waals surface area contributed by atoms with Crippen LogP contribution in [0.15, 0.2) is 4.99 Å². The number of nitrogens with zero attached hydrogens (tertiary/aromatic N) is 5. The SMILES string of the molecule is CCNC(=NCC1CCCN1CCOC)NC1CCc2nc(COC)nn2C1. The topological polar surface area (TPSA) is 88.8 Å². The summed E-state index contributed by atoms with van der Waals surface area (Å²) in [5.74, 6) is 2.70. The van der Waals surface area contributed by atoms with Gasteiger partial charge in [0.25, 0.3) is 0 Å². The van der Waals surface area contributed by atoms with Crippen molar-refractivity contribution in [2.75, 3.05) is 47.0 Å². The molecule has 9 nitrogen and oxygen atoms in total. The molecule has 2 N–H and O–H groups in total. The minimum Gasteiger partial charge on any atom is -0.383 e. The van der Waals surface area contributed by atoms with Crippen molar-refractivity contribution < 1.29 is 9.47 Å². The molecule has 0 aliphatic carbocycles. The van der Waals surface area contributed by atoms with Crippen molar-refractivity contribution in [1.29, 1.82) is 0 Å². The Morgan fingerprint density at radius 1 is 1.29 bits per heavy atom. The Bertz CT molecular complexity index is 634. The van der Waals surface area contributed by atoms with Gasteiger partial charge in [0, 0.05) is 45.8 Å². The predicted molar refractivity (Wildman–Crippen MR) is 108 cm³/mol. The Morgan fingerprint density at radius 2 is 2.18 bits per heavy atom. The molecule has 3 rings (SSSR count). The van der Waals surface area contributed by atoms with Crippen LogP contribution in [0.5, 0.6) is 0 Å². The van der Waals surface area contributed by atoms with Crippen LogP contribution in [0.1, 0.15) is 37.8 Å². The molecule has 0 bridgehead atoms. The zero-order chi connectivity index (χ0) is 19.8. The highest BCUT2D eigenvalue weighted by atomic mass is 16.5. The molecule has 0 radical (unpaired) electrons. The van der Waals surface area contributed by atoms with E-state index in [-0.39, 0.29) is 0 Å². The van der Waals surface area contributed by atoms with E-state index in [1.165, 1.54) is 12.8 Å². The highest BCUT2D eigenvalue weighted by Crippen LogP contribution is 2.17. The molecule has 0 spiro atoms. The van der Waals surface area contributed by atoms with E-state index >= 15 is 0 Å². The quantitative estimate of drug-likeness (QED) is 0.464. The molecule has 2 atom stereocenters. The molecule has 0 saturated carbocycles. The van der Waals surface area contributed by atoms with Gasteiger partial charge >= 0.3 is 0 Å². The average molecular weight is 394 g/mol. The first kappa shape index (κ1) is 21.0. The van der Waals surface area contributed by atoms with Crippen LogP contribution in [-0.2, 0) is 29.0 Å². The number of rotatable bonds is 9. The van der Waals surface area contributed by atoms with Crippen LogP contribution in [0.4, 0.5) is 0 Å². The van der Waals surface area contributed by atoms with E-state index in [2.05, 4.69) is 32.5 Å². The number of likely N-dealkylation sites (tertiary alicyclic amines) is 1. The lowest BCUT2D eigenvalue weighted by Gasteiger charge is -2.26. The van der Waals surface area contributed by atoms with Crippen molar-refractivity contribution in [2.45, 2.75) is 57.8 Å². The number of hydrogen-bond acceptors (Lipinski definition) is 6. The smallest absolute Gasteiger partial charge is 0.191 e. The number of aromatic nitrogens is 3. The molecule has 0 aromatic carbocycles. The molecule has 2 unspecified atom stereocenters. The normalized spacial score (nSPS) is 23.0. The van der Waals surface area contributed by atoms with E-state index in [1.807, 2.05) is 4.68 Å². The maximum atomic E-state index is 5.24. The van der Waals surface area contributed by atoms with Gasteiger partial charge in [0.2, 0.25) is 0 Å². The van der Waals surface area contributed by atoms with Gasteiger partial charge in [-0.15, -0.1) is 0 Å². The first-order valence-electron chi connectivity index (χ1n) is 10.4. The molecule has 158 valence electrons. The van der Waals surface area contributed by atoms with E-state index < -0.39 is 0 Å². The van der Waals surface area contributed by atoms with Crippen molar-refractivity contribution in [3.8, 4) is 0 Å². The number of nitrogens with one attached hydrogen (secondary N) is 2. The van der Waals surface area contributed by atoms with Crippen LogP contribution in [0.2, 0.25) is 0 Å². The molecule has 2 aliphatic rings. The lowest BCUT2D eigenvalue weighted by atomic mass is 10.1. The summed E-state index contributed by atoms with van der Waals surface area (Å²) in [4.78, 5) is 11.9. The van der Waals surface area contributed by atoms with Gasteiger partial charge < -0.3 is 20.1 Å². The third kappa shape index (κ3) is 5.65. The van der Waals surface area contributed by atoms with E-state index in [0.717, 1.165) is 69.8 Å². The minimum absolute atomic E-state index is 0.301. The number of methoxy groups -OCH3 is 2. The van der Waals surface area contributed by atoms with E-state index in [4.69, 9.17) is 14.5 Å². The van der Waals surface area contributed by atoms with Gasteiger partial charge in [-0.05, 0) is 32.7 Å². The average Bonchev–Trinajstić information content (AvgIpc) is 3.30. The van der Waals surface area contributed by atoms with E-state index in [0.29, 0.717) is 18.7 Å². The molecule has 1 saturated heterocycles. The number of aryl methyl sites for hydroxylation is 1. The largest absolute Gasteiger partial charge is 0.383 e. The van der Waals surface area contributed by atoms with Crippen LogP contribution >= 0.6 is 0 Å². The Hall–Kier alpha value is -1.71. The van der Waals surface area contributed by atoms with Crippen LogP contribution in [0.3, 0.4) is 0 Å². The number of aliphatic imine (C=N–C) groups is 1. The molecule has 1 fully saturated rings. The molecule has 28 heavy (non-hydrogen) atoms. The molecule has 1 aromatic heterocycles. The Morgan fingerprint density at radius 3 is 2.96 bits per heavy atom. The van der Waals surface area contributed by atoms with Crippen molar-refractivity contribution >= 4 is 5.96 Å². The first-order chi connectivity index (χ1) is 13.7. The van der Waals surface area contributed by atoms with Crippen LogP contribution in [0, 0.1) is 0 Å². The summed E-state index contributed by atoms with van der Waals surface area (Å²) in [6, 6.07) is 0.811. The first-order valence-corrected chi connectivity index (χ1v) is 10.4. The molecule has 2 aliphatic heterocycles. The zero-order valence-electron chi connectivity index (χ0n) is 17.5. The molecule has 3 heterocycles. The number of ether oxygens (including phenoxy) is 2. The van der Waals surface area contributed by atoms with Gasteiger partial charge in [-0.3, -0.25) is 9.89 Å². The van der Waals surface area contributed by atoms with Crippen LogP contribution < -0.4 is 10.6 Å². The summed E-state index contributed by atoms with van der Waals surface area (Å²) in [7, 11) is 3.43. The second-order valence-corrected chi connectivity index (χ2v) is 7.48. The maximum absolute atomic E-state index is 5.24. The van der Waals surface area contributed by atoms with Gasteiger partial charge in [-0.1, -0.05) is 0 Å². The van der Waals surface area contributed by atoms with Crippen molar-refractivity contribution in [1.82, 2.24) is 30.3 Å². The maximum Gasteiger partial charge on any atom is 0.191 e. The van der Waals surface area contributed by atoms with Crippen molar-refractivity contribution in [3.05, 3.63) is 11.6 Å². The molecular weight excluding hydrogens is 358 g/mol. The Balaban J connectivity index is 1.55. The van der Waals surface area contributed by atoms with Crippen molar-refractivity contribution in [3.63, 3.8) is 0 Å². The highest BCUT2D eigenvalue weighted by molar-refractivity contribution is 5.80. The molecule has 0 amide bonds. The highest BCUT2D eigenvalue weighted by Gasteiger charge is 2.25. The standard InChI is InChI=1S/C19H35N7O2/c1-4-20-19(21-12-16-6-5-9-25(16)10-11-27-2)22-15-7-8-18-23-17(14-28-3)24-26(18)13-15/h15-16H,4-14H2,1-3H3,(H2,20,21,22). The Kier molecular flexibility index (Phi) is 8.05. The molecule has 1 aromatic rings. The van der Waals surface area contributed by atoms with Gasteiger partial charge in [0.15, 0.2) is 11.8 Å². The van der Waals surface area contributed by atoms with E-state index in [9.17, 15) is 0 Å². The number of fused-ring (bicyclic) bond motifs is 1. The van der Waals surface area contributed by atoms with Gasteiger partial charge in [0.1, 0.15) is 12.4 Å². The minimum atomic E-state index is 0.301. The lowest BCUT2D eigenvalue weighted by Crippen LogP contribution is -2.47. The fourth-order valence-corrected chi connectivity index (χ4v) is 3.98. The second kappa shape index (κ2) is 10.7. The molecular formula is C19H35N7O2. The third-order valence-corrected chi connectivity index (χ3v) is 5.40. The predicted octanol–water partition coefficient (Wildman–Crippen LogP) is 0.405. The fraction of sp³-hybridized carbons (Fsp3) is 0.842. The zero-order valence-corrected chi connectivity index (χ0v) is 17.5. The second-order valence-electron chi connectivity index (χ2n) is 7.48. The van der Waals surface area contributed by atoms with Gasteiger partial charge in [0.05, 0.1) is 19.7 Å². The van der Waals surface area contributed by atoms with E-state index in [1.54, 1.807) is 14.2 Å². The summed E-state index contributed by atoms with van der Waals surface area (Å²) >= 11 is 0.